The number of hydrogen-bond acceptors (Lipinski definition) is 0. The average molecular weight is 457 g/mol. The summed E-state index contributed by atoms with van der Waals surface area (Å²) in [6.07, 6.45) is 7.24. The van der Waals surface area contributed by atoms with E-state index in [0.717, 1.165) is 54.2 Å². The van der Waals surface area contributed by atoms with E-state index in [9.17, 15) is 0 Å². The van der Waals surface area contributed by atoms with Gasteiger partial charge in [0.05, 0.1) is 5.56 Å². The molecule has 0 atom stereocenters. The minimum absolute atomic E-state index is 0.255. The summed E-state index contributed by atoms with van der Waals surface area (Å²) in [6, 6.07) is 25.8. The molecule has 0 aliphatic carbocycles. The van der Waals surface area contributed by atoms with Crippen molar-refractivity contribution in [2.24, 2.45) is 0 Å². The van der Waals surface area contributed by atoms with E-state index in [1.54, 1.807) is 6.07 Å². The molecule has 0 N–H and O–H groups in total. The van der Waals surface area contributed by atoms with Crippen LogP contribution in [0.15, 0.2) is 91.5 Å². The summed E-state index contributed by atoms with van der Waals surface area (Å²) in [5.41, 5.74) is 5.69. The monoisotopic (exact) mass is 456 g/mol. The molecule has 0 fully saturated rings. The number of halogens is 1. The summed E-state index contributed by atoms with van der Waals surface area (Å²) in [4.78, 5) is 0. The number of aryl methyl sites for hydroxylation is 2. The second-order valence-corrected chi connectivity index (χ2v) is 8.69. The molecular formula is C34H29F. The molecule has 172 valence electrons. The van der Waals surface area contributed by atoms with Crippen LogP contribution in [-0.4, -0.2) is 0 Å². The smallest absolute Gasteiger partial charge is 0.146 e. The van der Waals surface area contributed by atoms with Crippen molar-refractivity contribution in [3.05, 3.63) is 131 Å². The van der Waals surface area contributed by atoms with Gasteiger partial charge in [-0.3, -0.25) is 0 Å². The normalized spacial score (nSPS) is 10.2. The van der Waals surface area contributed by atoms with Crippen LogP contribution in [0.4, 0.5) is 4.39 Å². The van der Waals surface area contributed by atoms with Gasteiger partial charge in [0.2, 0.25) is 0 Å². The number of fused-ring (bicyclic) bond motifs is 1. The summed E-state index contributed by atoms with van der Waals surface area (Å²) < 4.78 is 15.0. The topological polar surface area (TPSA) is 0 Å². The number of benzene rings is 4. The van der Waals surface area contributed by atoms with Crippen LogP contribution in [0.1, 0.15) is 59.6 Å². The quantitative estimate of drug-likeness (QED) is 0.202. The van der Waals surface area contributed by atoms with Crippen molar-refractivity contribution in [3.63, 3.8) is 0 Å². The van der Waals surface area contributed by atoms with Crippen molar-refractivity contribution < 1.29 is 4.39 Å². The zero-order valence-electron chi connectivity index (χ0n) is 20.2. The molecule has 0 unspecified atom stereocenters. The Hall–Kier alpha value is -4.07. The molecule has 4 aromatic rings. The summed E-state index contributed by atoms with van der Waals surface area (Å²) in [5.74, 6) is 12.2. The molecule has 35 heavy (non-hydrogen) atoms. The van der Waals surface area contributed by atoms with Gasteiger partial charge < -0.3 is 0 Å². The summed E-state index contributed by atoms with van der Waals surface area (Å²) in [7, 11) is 0. The Labute approximate surface area is 208 Å². The third kappa shape index (κ3) is 6.50. The van der Waals surface area contributed by atoms with Crippen molar-refractivity contribution in [1.82, 2.24) is 0 Å². The van der Waals surface area contributed by atoms with Gasteiger partial charge in [0.1, 0.15) is 5.82 Å². The Bertz CT molecular complexity index is 1430. The van der Waals surface area contributed by atoms with Gasteiger partial charge in [0.25, 0.3) is 0 Å². The van der Waals surface area contributed by atoms with Gasteiger partial charge in [-0.2, -0.15) is 0 Å². The first-order valence-corrected chi connectivity index (χ1v) is 12.2. The molecule has 0 nitrogen and oxygen atoms in total. The van der Waals surface area contributed by atoms with Gasteiger partial charge in [0, 0.05) is 22.1 Å². The van der Waals surface area contributed by atoms with E-state index in [1.807, 2.05) is 48.5 Å². The maximum atomic E-state index is 15.0. The van der Waals surface area contributed by atoms with Crippen LogP contribution in [0.5, 0.6) is 0 Å². The molecule has 0 bridgehead atoms. The lowest BCUT2D eigenvalue weighted by Gasteiger charge is -2.05. The third-order valence-corrected chi connectivity index (χ3v) is 6.01. The Morgan fingerprint density at radius 1 is 0.714 bits per heavy atom. The van der Waals surface area contributed by atoms with E-state index in [0.29, 0.717) is 10.9 Å². The Morgan fingerprint density at radius 3 is 1.94 bits per heavy atom. The Kier molecular flexibility index (Phi) is 8.17. The zero-order chi connectivity index (χ0) is 24.5. The minimum Gasteiger partial charge on any atom is -0.205 e. The van der Waals surface area contributed by atoms with Gasteiger partial charge in [-0.25, -0.2) is 4.39 Å². The standard InChI is InChI=1S/C34H29F/c1-3-5-7-26-9-11-27(12-10-26)13-14-28-15-17-29(18-16-28)19-21-31-22-23-32-25-30(8-6-4-2)20-24-33(32)34(31)35/h3,9-12,15-18,20,22-25H,1,4-8H2,2H3. The van der Waals surface area contributed by atoms with E-state index in [-0.39, 0.29) is 5.82 Å². The summed E-state index contributed by atoms with van der Waals surface area (Å²) in [5, 5.41) is 1.55. The highest BCUT2D eigenvalue weighted by Crippen LogP contribution is 2.23. The van der Waals surface area contributed by atoms with Gasteiger partial charge in [0.15, 0.2) is 0 Å². The largest absolute Gasteiger partial charge is 0.205 e. The van der Waals surface area contributed by atoms with E-state index >= 15 is 4.39 Å². The average Bonchev–Trinajstić information content (AvgIpc) is 2.90. The highest BCUT2D eigenvalue weighted by molar-refractivity contribution is 5.85. The van der Waals surface area contributed by atoms with Gasteiger partial charge >= 0.3 is 0 Å². The Balaban J connectivity index is 1.45. The first-order chi connectivity index (χ1) is 17.2. The molecule has 0 aromatic heterocycles. The molecule has 0 saturated heterocycles. The molecular weight excluding hydrogens is 427 g/mol. The fraction of sp³-hybridized carbons (Fsp3) is 0.176. The van der Waals surface area contributed by atoms with Crippen molar-refractivity contribution >= 4 is 10.8 Å². The van der Waals surface area contributed by atoms with Crippen LogP contribution < -0.4 is 0 Å². The predicted octanol–water partition coefficient (Wildman–Crippen LogP) is 8.24. The maximum Gasteiger partial charge on any atom is 0.146 e. The molecule has 0 heterocycles. The molecule has 4 aromatic carbocycles. The number of allylic oxidation sites excluding steroid dienone is 1. The Morgan fingerprint density at radius 2 is 1.31 bits per heavy atom. The van der Waals surface area contributed by atoms with Crippen molar-refractivity contribution in [2.75, 3.05) is 0 Å². The van der Waals surface area contributed by atoms with Crippen LogP contribution in [0.25, 0.3) is 10.8 Å². The van der Waals surface area contributed by atoms with Crippen molar-refractivity contribution in [2.45, 2.75) is 39.0 Å². The van der Waals surface area contributed by atoms with Crippen LogP contribution >= 0.6 is 0 Å². The molecule has 0 radical (unpaired) electrons. The molecule has 0 saturated carbocycles. The predicted molar refractivity (Wildman–Crippen MR) is 146 cm³/mol. The zero-order valence-corrected chi connectivity index (χ0v) is 20.2. The fourth-order valence-corrected chi connectivity index (χ4v) is 3.92. The van der Waals surface area contributed by atoms with Crippen LogP contribution in [0.2, 0.25) is 0 Å². The summed E-state index contributed by atoms with van der Waals surface area (Å²) in [6.45, 7) is 5.95. The van der Waals surface area contributed by atoms with Crippen LogP contribution in [0.3, 0.4) is 0 Å². The lowest BCUT2D eigenvalue weighted by atomic mass is 10.0. The second-order valence-electron chi connectivity index (χ2n) is 8.69. The molecule has 0 spiro atoms. The summed E-state index contributed by atoms with van der Waals surface area (Å²) >= 11 is 0. The molecule has 4 rings (SSSR count). The number of unbranched alkanes of at least 4 members (excludes halogenated alkanes) is 1. The molecule has 1 heteroatoms. The van der Waals surface area contributed by atoms with Crippen molar-refractivity contribution in [3.8, 4) is 23.7 Å². The lowest BCUT2D eigenvalue weighted by Crippen LogP contribution is -1.90. The number of hydrogen-bond donors (Lipinski definition) is 0. The highest BCUT2D eigenvalue weighted by atomic mass is 19.1. The van der Waals surface area contributed by atoms with Crippen molar-refractivity contribution in [1.29, 1.82) is 0 Å². The maximum absolute atomic E-state index is 15.0. The number of rotatable bonds is 6. The van der Waals surface area contributed by atoms with Gasteiger partial charge in [-0.15, -0.1) is 6.58 Å². The van der Waals surface area contributed by atoms with E-state index in [4.69, 9.17) is 0 Å². The van der Waals surface area contributed by atoms with E-state index < -0.39 is 0 Å². The lowest BCUT2D eigenvalue weighted by molar-refractivity contribution is 0.636. The minimum atomic E-state index is -0.255. The fourth-order valence-electron chi connectivity index (χ4n) is 3.92. The van der Waals surface area contributed by atoms with Crippen LogP contribution in [0, 0.1) is 29.5 Å². The highest BCUT2D eigenvalue weighted by Gasteiger charge is 2.06. The third-order valence-electron chi connectivity index (χ3n) is 6.01. The molecule has 0 amide bonds. The van der Waals surface area contributed by atoms with Gasteiger partial charge in [-0.1, -0.05) is 79.5 Å². The van der Waals surface area contributed by atoms with Gasteiger partial charge in [-0.05, 0) is 84.7 Å². The van der Waals surface area contributed by atoms with E-state index in [1.165, 1.54) is 11.1 Å². The van der Waals surface area contributed by atoms with E-state index in [2.05, 4.69) is 67.5 Å². The first kappa shape index (κ1) is 24.1. The SMILES string of the molecule is C=CCCc1ccc(C#Cc2ccc(C#Cc3ccc4cc(CCCC)ccc4c3F)cc2)cc1. The molecule has 0 aliphatic rings. The molecule has 0 aliphatic heterocycles. The van der Waals surface area contributed by atoms with Crippen LogP contribution in [-0.2, 0) is 12.8 Å². The first-order valence-electron chi connectivity index (χ1n) is 12.2. The second kappa shape index (κ2) is 11.9.